The van der Waals surface area contributed by atoms with Crippen LogP contribution in [0.2, 0.25) is 0 Å². The number of aliphatic hydroxyl groups is 1. The average Bonchev–Trinajstić information content (AvgIpc) is 3.37. The Morgan fingerprint density at radius 3 is 2.27 bits per heavy atom. The molecule has 0 aliphatic carbocycles. The molecule has 8 heteroatoms. The van der Waals surface area contributed by atoms with Crippen molar-refractivity contribution < 1.29 is 19.0 Å². The first-order chi connectivity index (χ1) is 18.0. The number of anilines is 1. The monoisotopic (exact) mass is 499 g/mol. The Bertz CT molecular complexity index is 1450. The number of aromatic nitrogens is 2. The van der Waals surface area contributed by atoms with Crippen molar-refractivity contribution in [3.63, 3.8) is 0 Å². The molecule has 3 N–H and O–H groups in total. The lowest BCUT2D eigenvalue weighted by molar-refractivity contribution is -0.125. The van der Waals surface area contributed by atoms with Crippen LogP contribution in [0.15, 0.2) is 108 Å². The van der Waals surface area contributed by atoms with Gasteiger partial charge >= 0.3 is 5.69 Å². The number of benzene rings is 3. The van der Waals surface area contributed by atoms with Crippen LogP contribution in [0, 0.1) is 5.82 Å². The SMILES string of the molecule is COc1ccc(F)c(C(c2ccccc2)(c2ccccc2)[C@]2(n3ccc(N)nc3=O)C=C[C@@H](CO)O2)c1. The molecule has 3 aromatic carbocycles. The van der Waals surface area contributed by atoms with Crippen LogP contribution in [-0.4, -0.2) is 34.5 Å². The molecule has 0 fully saturated rings. The Balaban J connectivity index is 2.02. The van der Waals surface area contributed by atoms with Gasteiger partial charge in [0.15, 0.2) is 5.72 Å². The molecule has 0 saturated carbocycles. The van der Waals surface area contributed by atoms with E-state index in [2.05, 4.69) is 4.98 Å². The molecule has 0 amide bonds. The molecule has 0 radical (unpaired) electrons. The summed E-state index contributed by atoms with van der Waals surface area (Å²) in [5, 5.41) is 10.1. The minimum atomic E-state index is -1.70. The molecule has 0 spiro atoms. The Morgan fingerprint density at radius 2 is 1.73 bits per heavy atom. The third-order valence-corrected chi connectivity index (χ3v) is 6.76. The minimum Gasteiger partial charge on any atom is -0.497 e. The number of ether oxygens (including phenoxy) is 2. The molecule has 1 aromatic heterocycles. The molecule has 2 heterocycles. The molecule has 7 nitrogen and oxygen atoms in total. The standard InChI is InChI=1S/C29H26FN3O4/c1-36-22-12-13-25(30)24(18-22)29(20-8-4-2-5-9-20,21-10-6-3-7-11-21)28(16-14-23(19-34)37-28)33-17-15-26(31)32-27(33)35/h2-18,23,34H,19H2,1H3,(H2,31,32,35)/t23-,28-/m0/s1. The van der Waals surface area contributed by atoms with Crippen LogP contribution in [0.25, 0.3) is 0 Å². The molecule has 0 unspecified atom stereocenters. The molecule has 1 aliphatic heterocycles. The van der Waals surface area contributed by atoms with Crippen molar-refractivity contribution in [3.05, 3.63) is 136 Å². The third-order valence-electron chi connectivity index (χ3n) is 6.76. The first-order valence-corrected chi connectivity index (χ1v) is 11.7. The van der Waals surface area contributed by atoms with Crippen LogP contribution in [0.3, 0.4) is 0 Å². The van der Waals surface area contributed by atoms with Gasteiger partial charge in [0, 0.05) is 11.8 Å². The van der Waals surface area contributed by atoms with Gasteiger partial charge in [-0.15, -0.1) is 0 Å². The van der Waals surface area contributed by atoms with E-state index in [-0.39, 0.29) is 18.0 Å². The summed E-state index contributed by atoms with van der Waals surface area (Å²) in [6, 6.07) is 24.4. The topological polar surface area (TPSA) is 99.6 Å². The zero-order valence-electron chi connectivity index (χ0n) is 20.1. The van der Waals surface area contributed by atoms with E-state index in [0.717, 1.165) is 0 Å². The second-order valence-corrected chi connectivity index (χ2v) is 8.73. The molecule has 5 rings (SSSR count). The van der Waals surface area contributed by atoms with Gasteiger partial charge in [0.05, 0.1) is 13.7 Å². The summed E-state index contributed by atoms with van der Waals surface area (Å²) in [5.41, 5.74) is 3.43. The lowest BCUT2D eigenvalue weighted by Crippen LogP contribution is -2.58. The molecule has 0 saturated heterocycles. The number of aliphatic hydroxyl groups excluding tert-OH is 1. The number of halogens is 1. The highest BCUT2D eigenvalue weighted by molar-refractivity contribution is 5.57. The van der Waals surface area contributed by atoms with Crippen LogP contribution >= 0.6 is 0 Å². The van der Waals surface area contributed by atoms with Crippen molar-refractivity contribution in [2.45, 2.75) is 17.2 Å². The normalized spacial score (nSPS) is 19.2. The summed E-state index contributed by atoms with van der Waals surface area (Å²) in [5.74, 6) is -0.0744. The molecular weight excluding hydrogens is 473 g/mol. The Hall–Kier alpha value is -4.27. The van der Waals surface area contributed by atoms with Gasteiger partial charge < -0.3 is 20.3 Å². The highest BCUT2D eigenvalue weighted by Crippen LogP contribution is 2.55. The summed E-state index contributed by atoms with van der Waals surface area (Å²) in [4.78, 5) is 17.4. The van der Waals surface area contributed by atoms with E-state index in [4.69, 9.17) is 15.2 Å². The smallest absolute Gasteiger partial charge is 0.352 e. The number of rotatable bonds is 7. The second-order valence-electron chi connectivity index (χ2n) is 8.73. The van der Waals surface area contributed by atoms with Crippen molar-refractivity contribution in [1.29, 1.82) is 0 Å². The zero-order chi connectivity index (χ0) is 26.0. The molecule has 188 valence electrons. The molecule has 1 aliphatic rings. The molecular formula is C29H26FN3O4. The van der Waals surface area contributed by atoms with Gasteiger partial charge in [-0.3, -0.25) is 4.57 Å². The number of hydrogen-bond donors (Lipinski definition) is 2. The van der Waals surface area contributed by atoms with Gasteiger partial charge in [-0.05, 0) is 41.5 Å². The number of hydrogen-bond acceptors (Lipinski definition) is 6. The minimum absolute atomic E-state index is 0.0367. The van der Waals surface area contributed by atoms with Crippen molar-refractivity contribution in [3.8, 4) is 5.75 Å². The Morgan fingerprint density at radius 1 is 1.08 bits per heavy atom. The predicted octanol–water partition coefficient (Wildman–Crippen LogP) is 3.61. The lowest BCUT2D eigenvalue weighted by atomic mass is 9.62. The van der Waals surface area contributed by atoms with Crippen LogP contribution in [0.5, 0.6) is 5.75 Å². The maximum atomic E-state index is 16.1. The van der Waals surface area contributed by atoms with Crippen molar-refractivity contribution >= 4 is 5.82 Å². The number of nitrogen functional groups attached to an aromatic ring is 1. The van der Waals surface area contributed by atoms with Crippen molar-refractivity contribution in [1.82, 2.24) is 9.55 Å². The largest absolute Gasteiger partial charge is 0.497 e. The Kier molecular flexibility index (Phi) is 6.37. The fourth-order valence-corrected chi connectivity index (χ4v) is 5.22. The molecule has 0 bridgehead atoms. The van der Waals surface area contributed by atoms with Crippen LogP contribution in [0.4, 0.5) is 10.2 Å². The first kappa shape index (κ1) is 24.4. The number of nitrogens with two attached hydrogens (primary N) is 1. The average molecular weight is 500 g/mol. The lowest BCUT2D eigenvalue weighted by Gasteiger charge is -2.49. The highest BCUT2D eigenvalue weighted by atomic mass is 19.1. The molecule has 2 atom stereocenters. The second kappa shape index (κ2) is 9.65. The van der Waals surface area contributed by atoms with E-state index in [0.29, 0.717) is 16.9 Å². The number of nitrogens with zero attached hydrogens (tertiary/aromatic N) is 2. The first-order valence-electron chi connectivity index (χ1n) is 11.7. The van der Waals surface area contributed by atoms with Gasteiger partial charge in [-0.1, -0.05) is 66.7 Å². The quantitative estimate of drug-likeness (QED) is 0.298. The summed E-state index contributed by atoms with van der Waals surface area (Å²) in [6.07, 6.45) is 4.06. The highest BCUT2D eigenvalue weighted by Gasteiger charge is 2.60. The van der Waals surface area contributed by atoms with E-state index in [1.54, 1.807) is 18.2 Å². The van der Waals surface area contributed by atoms with Gasteiger partial charge in [0.2, 0.25) is 0 Å². The van der Waals surface area contributed by atoms with Crippen LogP contribution in [-0.2, 0) is 15.9 Å². The van der Waals surface area contributed by atoms with Gasteiger partial charge in [-0.2, -0.15) is 4.98 Å². The van der Waals surface area contributed by atoms with E-state index in [1.807, 2.05) is 60.7 Å². The van der Waals surface area contributed by atoms with Crippen LogP contribution in [0.1, 0.15) is 16.7 Å². The van der Waals surface area contributed by atoms with Gasteiger partial charge in [0.1, 0.15) is 28.9 Å². The van der Waals surface area contributed by atoms with Crippen LogP contribution < -0.4 is 16.2 Å². The maximum Gasteiger partial charge on any atom is 0.352 e. The van der Waals surface area contributed by atoms with E-state index in [9.17, 15) is 9.90 Å². The predicted molar refractivity (Wildman–Crippen MR) is 138 cm³/mol. The number of methoxy groups -OCH3 is 1. The van der Waals surface area contributed by atoms with Gasteiger partial charge in [0.25, 0.3) is 0 Å². The Labute approximate surface area is 213 Å². The zero-order valence-corrected chi connectivity index (χ0v) is 20.1. The van der Waals surface area contributed by atoms with Crippen molar-refractivity contribution in [2.75, 3.05) is 19.5 Å². The van der Waals surface area contributed by atoms with E-state index >= 15 is 4.39 Å². The fraction of sp³-hybridized carbons (Fsp3) is 0.172. The summed E-state index contributed by atoms with van der Waals surface area (Å²) in [7, 11) is 1.50. The van der Waals surface area contributed by atoms with Gasteiger partial charge in [-0.25, -0.2) is 9.18 Å². The summed E-state index contributed by atoms with van der Waals surface area (Å²) >= 11 is 0. The third kappa shape index (κ3) is 3.82. The van der Waals surface area contributed by atoms with E-state index < -0.39 is 28.8 Å². The molecule has 4 aromatic rings. The fourth-order valence-electron chi connectivity index (χ4n) is 5.22. The van der Waals surface area contributed by atoms with E-state index in [1.165, 1.54) is 36.1 Å². The summed E-state index contributed by atoms with van der Waals surface area (Å²) in [6.45, 7) is -0.352. The molecule has 37 heavy (non-hydrogen) atoms. The van der Waals surface area contributed by atoms with Crippen molar-refractivity contribution in [2.24, 2.45) is 0 Å². The summed E-state index contributed by atoms with van der Waals surface area (Å²) < 4.78 is 29.5. The maximum absolute atomic E-state index is 16.1.